The fraction of sp³-hybridized carbons (Fsp3) is 0.824. The predicted molar refractivity (Wildman–Crippen MR) is 266 cm³/mol. The highest BCUT2D eigenvalue weighted by atomic mass is 32.2. The Hall–Kier alpha value is -2.97. The SMILES string of the molecule is CC[C@H]1OC(=O)[C@H](C)[C@@H](OC2C[C@@](C)(OC)[C@](O)(CN3CCCCC3)[C@H](C)O2)[C@H](C)[C@@H](O[C@@H]2O[C@H](C)C[C@H](N(C)S(=O)(=O)c3nccn3C)[C@H]2Oc2ccnc(F)c2)[C@](C)(O)C[C@@H](C)CN[C@H](C)[C@@H](O)[C@]1(C)O. The van der Waals surface area contributed by atoms with Gasteiger partial charge in [0.1, 0.15) is 34.8 Å². The van der Waals surface area contributed by atoms with Crippen molar-refractivity contribution in [3.05, 3.63) is 36.7 Å². The third-order valence-electron chi connectivity index (χ3n) is 16.2. The van der Waals surface area contributed by atoms with E-state index in [-0.39, 0.29) is 55.6 Å². The maximum Gasteiger partial charge on any atom is 0.311 e. The lowest BCUT2D eigenvalue weighted by molar-refractivity contribution is -0.338. The standard InChI is InChI=1S/C51H85FN6O14S/c1-14-38-50(10,62)43(59)34(6)55-28-30(2)26-48(8,61)44(32(4)41(33(5)45(60)70-38)71-40-27-49(9,66-13)51(63,35(7)68-40)29-58-21-16-15-17-22-58)72-46-42(69-36-18-19-53-39(52)25-36)37(24-31(3)67-46)57(12)73(64,65)47-54-20-23-56(47)11/h18-20,23,25,30-35,37-38,40-44,46,55,59,61-63H,14-17,21-22,24,26-29H2,1-13H3/t30-,31-,32+,33-,34-,35+,37+,38-,40?,41+,42-,43-,44-,46+,48-,49-,50-,51+/m1/s1. The van der Waals surface area contributed by atoms with Gasteiger partial charge in [-0.15, -0.1) is 0 Å². The molecule has 0 aromatic carbocycles. The molecule has 4 fully saturated rings. The van der Waals surface area contributed by atoms with Gasteiger partial charge in [-0.3, -0.25) is 4.79 Å². The number of esters is 1. The Morgan fingerprint density at radius 2 is 1.66 bits per heavy atom. The number of sulfonamides is 1. The summed E-state index contributed by atoms with van der Waals surface area (Å²) in [6, 6.07) is 0.748. The highest BCUT2D eigenvalue weighted by Crippen LogP contribution is 2.44. The van der Waals surface area contributed by atoms with Crippen molar-refractivity contribution in [2.45, 2.75) is 209 Å². The molecule has 22 heteroatoms. The van der Waals surface area contributed by atoms with Crippen LogP contribution in [0.3, 0.4) is 0 Å². The summed E-state index contributed by atoms with van der Waals surface area (Å²) >= 11 is 0. The number of hydrogen-bond donors (Lipinski definition) is 5. The van der Waals surface area contributed by atoms with Crippen LogP contribution in [0.15, 0.2) is 35.9 Å². The molecule has 20 nitrogen and oxygen atoms in total. The number of likely N-dealkylation sites (N-methyl/N-ethyl adjacent to an activating group) is 1. The van der Waals surface area contributed by atoms with Crippen molar-refractivity contribution < 1.29 is 71.2 Å². The third kappa shape index (κ3) is 12.9. The summed E-state index contributed by atoms with van der Waals surface area (Å²) in [5, 5.41) is 52.2. The number of piperidine rings is 1. The fourth-order valence-corrected chi connectivity index (χ4v) is 13.1. The van der Waals surface area contributed by atoms with Gasteiger partial charge in [-0.05, 0) is 112 Å². The number of rotatable bonds is 13. The number of carbonyl (C=O) groups excluding carboxylic acids is 1. The maximum atomic E-state index is 14.8. The molecule has 5 N–H and O–H groups in total. The van der Waals surface area contributed by atoms with Gasteiger partial charge in [0, 0.05) is 70.8 Å². The van der Waals surface area contributed by atoms with Crippen LogP contribution in [0.4, 0.5) is 4.39 Å². The average Bonchev–Trinajstić information content (AvgIpc) is 3.78. The highest BCUT2D eigenvalue weighted by Gasteiger charge is 2.59. The van der Waals surface area contributed by atoms with Gasteiger partial charge in [-0.2, -0.15) is 8.70 Å². The van der Waals surface area contributed by atoms with Gasteiger partial charge in [0.05, 0.1) is 42.0 Å². The van der Waals surface area contributed by atoms with E-state index in [2.05, 4.69) is 20.2 Å². The van der Waals surface area contributed by atoms with E-state index < -0.39 is 124 Å². The van der Waals surface area contributed by atoms with Gasteiger partial charge in [-0.1, -0.05) is 27.2 Å². The van der Waals surface area contributed by atoms with E-state index in [4.69, 9.17) is 33.2 Å². The summed E-state index contributed by atoms with van der Waals surface area (Å²) in [6.45, 7) is 19.2. The monoisotopic (exact) mass is 1060 g/mol. The topological polar surface area (TPSA) is 246 Å². The van der Waals surface area contributed by atoms with Crippen molar-refractivity contribution in [3.63, 3.8) is 0 Å². The minimum Gasteiger partial charge on any atom is -0.483 e. The zero-order valence-electron chi connectivity index (χ0n) is 45.1. The summed E-state index contributed by atoms with van der Waals surface area (Å²) in [4.78, 5) is 24.8. The van der Waals surface area contributed by atoms with E-state index in [0.717, 1.165) is 42.7 Å². The van der Waals surface area contributed by atoms with Gasteiger partial charge in [0.15, 0.2) is 18.7 Å². The molecule has 4 aliphatic rings. The van der Waals surface area contributed by atoms with Crippen LogP contribution >= 0.6 is 0 Å². The van der Waals surface area contributed by atoms with Crippen molar-refractivity contribution >= 4 is 16.0 Å². The number of likely N-dealkylation sites (tertiary alicyclic amines) is 1. The van der Waals surface area contributed by atoms with E-state index in [1.807, 2.05) is 13.8 Å². The second-order valence-electron chi connectivity index (χ2n) is 22.1. The largest absolute Gasteiger partial charge is 0.483 e. The molecule has 4 aliphatic heterocycles. The van der Waals surface area contributed by atoms with E-state index in [1.165, 1.54) is 50.3 Å². The quantitative estimate of drug-likeness (QED) is 0.142. The lowest BCUT2D eigenvalue weighted by Gasteiger charge is -2.55. The Morgan fingerprint density at radius 3 is 2.27 bits per heavy atom. The van der Waals surface area contributed by atoms with E-state index in [1.54, 1.807) is 55.5 Å². The molecule has 0 radical (unpaired) electrons. The minimum absolute atomic E-state index is 0.00104. The number of nitrogens with zero attached hydrogens (tertiary/aromatic N) is 5. The molecule has 0 bridgehead atoms. The molecule has 6 rings (SSSR count). The fourth-order valence-electron chi connectivity index (χ4n) is 11.7. The summed E-state index contributed by atoms with van der Waals surface area (Å²) in [6.07, 6.45) is -3.01. The molecule has 1 unspecified atom stereocenters. The Labute approximate surface area is 431 Å². The Bertz CT molecular complexity index is 2240. The van der Waals surface area contributed by atoms with Gasteiger partial charge in [-0.25, -0.2) is 18.4 Å². The molecule has 18 atom stereocenters. The lowest BCUT2D eigenvalue weighted by atomic mass is 9.74. The van der Waals surface area contributed by atoms with Crippen LogP contribution in [0.2, 0.25) is 0 Å². The average molecular weight is 1060 g/mol. The molecule has 416 valence electrons. The second-order valence-corrected chi connectivity index (χ2v) is 24.0. The number of aliphatic hydroxyl groups is 4. The van der Waals surface area contributed by atoms with Crippen molar-refractivity contribution in [2.24, 2.45) is 24.8 Å². The Morgan fingerprint density at radius 1 is 0.973 bits per heavy atom. The van der Waals surface area contributed by atoms with Crippen molar-refractivity contribution in [2.75, 3.05) is 40.3 Å². The number of nitrogens with one attached hydrogen (secondary N) is 1. The van der Waals surface area contributed by atoms with Gasteiger partial charge in [0.2, 0.25) is 11.1 Å². The number of aromatic nitrogens is 3. The van der Waals surface area contributed by atoms with Crippen LogP contribution in [0.5, 0.6) is 5.75 Å². The van der Waals surface area contributed by atoms with Crippen LogP contribution in [0, 0.1) is 23.7 Å². The molecule has 73 heavy (non-hydrogen) atoms. The second kappa shape index (κ2) is 23.7. The summed E-state index contributed by atoms with van der Waals surface area (Å²) in [5.41, 5.74) is -6.42. The number of pyridine rings is 1. The summed E-state index contributed by atoms with van der Waals surface area (Å²) < 4.78 is 92.2. The minimum atomic E-state index is -4.31. The molecule has 4 saturated heterocycles. The smallest absolute Gasteiger partial charge is 0.311 e. The Balaban J connectivity index is 1.46. The third-order valence-corrected chi connectivity index (χ3v) is 18.1. The van der Waals surface area contributed by atoms with E-state index in [0.29, 0.717) is 0 Å². The number of imidazole rings is 1. The highest BCUT2D eigenvalue weighted by molar-refractivity contribution is 7.89. The zero-order chi connectivity index (χ0) is 54.0. The number of ether oxygens (including phenoxy) is 7. The first-order valence-electron chi connectivity index (χ1n) is 26.0. The van der Waals surface area contributed by atoms with Crippen LogP contribution < -0.4 is 10.1 Å². The van der Waals surface area contributed by atoms with Crippen molar-refractivity contribution in [3.8, 4) is 5.75 Å². The van der Waals surface area contributed by atoms with Crippen LogP contribution in [-0.2, 0) is 50.3 Å². The number of hydrogen-bond acceptors (Lipinski definition) is 18. The van der Waals surface area contributed by atoms with Crippen LogP contribution in [0.25, 0.3) is 0 Å². The van der Waals surface area contributed by atoms with Gasteiger partial charge < -0.3 is 68.4 Å². The van der Waals surface area contributed by atoms with Crippen molar-refractivity contribution in [1.82, 2.24) is 29.1 Å². The molecular formula is C51H85FN6O14S. The van der Waals surface area contributed by atoms with Crippen LogP contribution in [-0.4, -0.2) is 189 Å². The predicted octanol–water partition coefficient (Wildman–Crippen LogP) is 3.53. The first-order valence-corrected chi connectivity index (χ1v) is 27.5. The van der Waals surface area contributed by atoms with Crippen LogP contribution in [0.1, 0.15) is 114 Å². The first-order chi connectivity index (χ1) is 34.1. The summed E-state index contributed by atoms with van der Waals surface area (Å²) in [5.74, 6) is -4.13. The molecule has 6 heterocycles. The number of carbonyl (C=O) groups is 1. The Kier molecular flexibility index (Phi) is 19.3. The molecule has 2 aromatic rings. The number of methoxy groups -OCH3 is 1. The first kappa shape index (κ1) is 59.3. The molecular weight excluding hydrogens is 972 g/mol. The summed E-state index contributed by atoms with van der Waals surface area (Å²) in [7, 11) is 0.172. The number of halogens is 1. The van der Waals surface area contributed by atoms with E-state index in [9.17, 15) is 38.0 Å². The van der Waals surface area contributed by atoms with Gasteiger partial charge in [0.25, 0.3) is 10.0 Å². The van der Waals surface area contributed by atoms with Gasteiger partial charge >= 0.3 is 5.97 Å². The molecule has 2 aromatic heterocycles. The lowest BCUT2D eigenvalue weighted by Crippen LogP contribution is -2.70. The maximum absolute atomic E-state index is 14.8. The molecule has 0 aliphatic carbocycles. The zero-order valence-corrected chi connectivity index (χ0v) is 46.0. The molecule has 0 saturated carbocycles. The normalized spacial score (nSPS) is 41.2. The number of cyclic esters (lactones) is 1. The molecule has 0 amide bonds. The number of β-amino-alcohol motifs (C(OH)–C–C–N with tert-alkyl or cyclic N) is 1. The number of aliphatic hydroxyl groups excluding tert-OH is 1. The number of aryl methyl sites for hydroxylation is 1. The molecule has 0 spiro atoms. The van der Waals surface area contributed by atoms with Crippen molar-refractivity contribution in [1.29, 1.82) is 0 Å². The van der Waals surface area contributed by atoms with E-state index >= 15 is 0 Å².